The lowest BCUT2D eigenvalue weighted by Crippen LogP contribution is -2.46. The van der Waals surface area contributed by atoms with Crippen LogP contribution in [0.1, 0.15) is 24.1 Å². The lowest BCUT2D eigenvalue weighted by atomic mass is 9.85. The topological polar surface area (TPSA) is 16.1 Å². The summed E-state index contributed by atoms with van der Waals surface area (Å²) in [7, 11) is 2.17. The molecule has 1 unspecified atom stereocenters. The maximum atomic E-state index is 4.49. The Morgan fingerprint density at radius 2 is 2.14 bits per heavy atom. The molecule has 14 heavy (non-hydrogen) atoms. The molecular formula is C12H18N2. The number of rotatable bonds is 2. The van der Waals surface area contributed by atoms with Crippen LogP contribution in [0.2, 0.25) is 0 Å². The predicted molar refractivity (Wildman–Crippen MR) is 58.4 cm³/mol. The van der Waals surface area contributed by atoms with Gasteiger partial charge in [-0.05, 0) is 31.5 Å². The Morgan fingerprint density at radius 1 is 1.43 bits per heavy atom. The van der Waals surface area contributed by atoms with E-state index >= 15 is 0 Å². The molecule has 0 spiro atoms. The average Bonchev–Trinajstić information content (AvgIpc) is 2.13. The molecule has 2 nitrogen and oxygen atoms in total. The van der Waals surface area contributed by atoms with Gasteiger partial charge in [0.05, 0.1) is 0 Å². The molecule has 2 rings (SSSR count). The first-order chi connectivity index (χ1) is 6.66. The van der Waals surface area contributed by atoms with Crippen molar-refractivity contribution in [3.63, 3.8) is 0 Å². The molecule has 0 bridgehead atoms. The number of nitrogens with zero attached hydrogens (tertiary/aromatic N) is 2. The molecule has 0 aromatic carbocycles. The van der Waals surface area contributed by atoms with E-state index in [9.17, 15) is 0 Å². The van der Waals surface area contributed by atoms with Crippen LogP contribution < -0.4 is 0 Å². The standard InChI is InChI=1S/C12H18N2/c1-9-4-5-12(13-6-9)10(2)11-7-14(3)8-11/h4-6,10-11H,7-8H2,1-3H3. The lowest BCUT2D eigenvalue weighted by Gasteiger charge is -2.39. The van der Waals surface area contributed by atoms with Crippen LogP contribution in [0.15, 0.2) is 18.3 Å². The molecule has 0 aliphatic carbocycles. The van der Waals surface area contributed by atoms with Gasteiger partial charge in [0, 0.05) is 30.9 Å². The van der Waals surface area contributed by atoms with E-state index in [2.05, 4.69) is 42.9 Å². The first kappa shape index (κ1) is 9.66. The Kier molecular flexibility index (Phi) is 2.55. The molecule has 2 heterocycles. The summed E-state index contributed by atoms with van der Waals surface area (Å²) in [6.45, 7) is 6.81. The first-order valence-corrected chi connectivity index (χ1v) is 5.28. The van der Waals surface area contributed by atoms with Crippen molar-refractivity contribution in [2.75, 3.05) is 20.1 Å². The summed E-state index contributed by atoms with van der Waals surface area (Å²) in [5.41, 5.74) is 2.49. The summed E-state index contributed by atoms with van der Waals surface area (Å²) < 4.78 is 0. The highest BCUT2D eigenvalue weighted by Crippen LogP contribution is 2.29. The summed E-state index contributed by atoms with van der Waals surface area (Å²) in [6.07, 6.45) is 1.97. The Morgan fingerprint density at radius 3 is 2.64 bits per heavy atom. The lowest BCUT2D eigenvalue weighted by molar-refractivity contribution is 0.114. The van der Waals surface area contributed by atoms with Gasteiger partial charge in [-0.25, -0.2) is 0 Å². The first-order valence-electron chi connectivity index (χ1n) is 5.28. The fourth-order valence-electron chi connectivity index (χ4n) is 2.05. The average molecular weight is 190 g/mol. The number of hydrogen-bond acceptors (Lipinski definition) is 2. The minimum absolute atomic E-state index is 0.604. The zero-order chi connectivity index (χ0) is 10.1. The van der Waals surface area contributed by atoms with E-state index in [0.717, 1.165) is 5.92 Å². The van der Waals surface area contributed by atoms with Gasteiger partial charge in [0.2, 0.25) is 0 Å². The molecule has 1 fully saturated rings. The number of hydrogen-bond donors (Lipinski definition) is 0. The van der Waals surface area contributed by atoms with Crippen molar-refractivity contribution in [2.24, 2.45) is 5.92 Å². The molecule has 0 N–H and O–H groups in total. The van der Waals surface area contributed by atoms with Gasteiger partial charge in [-0.2, -0.15) is 0 Å². The van der Waals surface area contributed by atoms with Gasteiger partial charge in [-0.1, -0.05) is 13.0 Å². The van der Waals surface area contributed by atoms with Crippen molar-refractivity contribution >= 4 is 0 Å². The molecule has 1 aromatic rings. The van der Waals surface area contributed by atoms with Gasteiger partial charge in [0.15, 0.2) is 0 Å². The Bertz CT molecular complexity index is 299. The quantitative estimate of drug-likeness (QED) is 0.709. The van der Waals surface area contributed by atoms with Crippen molar-refractivity contribution < 1.29 is 0 Å². The Labute approximate surface area is 86.0 Å². The normalized spacial score (nSPS) is 20.5. The smallest absolute Gasteiger partial charge is 0.0435 e. The van der Waals surface area contributed by atoms with Crippen LogP contribution in [0.25, 0.3) is 0 Å². The van der Waals surface area contributed by atoms with E-state index in [4.69, 9.17) is 0 Å². The van der Waals surface area contributed by atoms with E-state index < -0.39 is 0 Å². The number of aromatic nitrogens is 1. The van der Waals surface area contributed by atoms with Crippen LogP contribution in [-0.2, 0) is 0 Å². The molecule has 0 amide bonds. The summed E-state index contributed by atoms with van der Waals surface area (Å²) in [6, 6.07) is 4.32. The van der Waals surface area contributed by atoms with E-state index in [1.54, 1.807) is 0 Å². The van der Waals surface area contributed by atoms with E-state index in [1.165, 1.54) is 24.3 Å². The molecule has 2 heteroatoms. The van der Waals surface area contributed by atoms with Crippen LogP contribution in [0, 0.1) is 12.8 Å². The third kappa shape index (κ3) is 1.80. The number of likely N-dealkylation sites (tertiary alicyclic amines) is 1. The summed E-state index contributed by atoms with van der Waals surface area (Å²) in [4.78, 5) is 6.84. The summed E-state index contributed by atoms with van der Waals surface area (Å²) >= 11 is 0. The minimum atomic E-state index is 0.604. The van der Waals surface area contributed by atoms with Crippen LogP contribution in [0.4, 0.5) is 0 Å². The van der Waals surface area contributed by atoms with Crippen molar-refractivity contribution in [1.29, 1.82) is 0 Å². The fourth-order valence-corrected chi connectivity index (χ4v) is 2.05. The molecule has 1 aliphatic heterocycles. The maximum Gasteiger partial charge on any atom is 0.0435 e. The minimum Gasteiger partial charge on any atom is -0.306 e. The van der Waals surface area contributed by atoms with Gasteiger partial charge < -0.3 is 4.90 Å². The van der Waals surface area contributed by atoms with E-state index in [1.807, 2.05) is 6.20 Å². The number of pyridine rings is 1. The molecular weight excluding hydrogens is 172 g/mol. The molecule has 1 atom stereocenters. The molecule has 1 saturated heterocycles. The highest BCUT2D eigenvalue weighted by molar-refractivity contribution is 5.16. The van der Waals surface area contributed by atoms with Crippen molar-refractivity contribution in [1.82, 2.24) is 9.88 Å². The molecule has 0 saturated carbocycles. The fraction of sp³-hybridized carbons (Fsp3) is 0.583. The molecule has 0 radical (unpaired) electrons. The SMILES string of the molecule is Cc1ccc(C(C)C2CN(C)C2)nc1. The maximum absolute atomic E-state index is 4.49. The van der Waals surface area contributed by atoms with Crippen LogP contribution in [0.5, 0.6) is 0 Å². The highest BCUT2D eigenvalue weighted by Gasteiger charge is 2.29. The van der Waals surface area contributed by atoms with Gasteiger partial charge in [0.25, 0.3) is 0 Å². The third-order valence-corrected chi connectivity index (χ3v) is 3.20. The van der Waals surface area contributed by atoms with Crippen molar-refractivity contribution in [3.8, 4) is 0 Å². The third-order valence-electron chi connectivity index (χ3n) is 3.20. The van der Waals surface area contributed by atoms with E-state index in [0.29, 0.717) is 5.92 Å². The van der Waals surface area contributed by atoms with Gasteiger partial charge >= 0.3 is 0 Å². The largest absolute Gasteiger partial charge is 0.306 e. The zero-order valence-corrected chi connectivity index (χ0v) is 9.20. The Balaban J connectivity index is 2.04. The monoisotopic (exact) mass is 190 g/mol. The second kappa shape index (κ2) is 3.70. The van der Waals surface area contributed by atoms with Gasteiger partial charge in [-0.15, -0.1) is 0 Å². The second-order valence-electron chi connectivity index (χ2n) is 4.53. The summed E-state index contributed by atoms with van der Waals surface area (Å²) in [5.74, 6) is 1.40. The van der Waals surface area contributed by atoms with E-state index in [-0.39, 0.29) is 0 Å². The predicted octanol–water partition coefficient (Wildman–Crippen LogP) is 2.06. The number of aryl methyl sites for hydroxylation is 1. The van der Waals surface area contributed by atoms with Crippen LogP contribution in [-0.4, -0.2) is 30.0 Å². The van der Waals surface area contributed by atoms with Gasteiger partial charge in [-0.3, -0.25) is 4.98 Å². The van der Waals surface area contributed by atoms with Crippen LogP contribution in [0.3, 0.4) is 0 Å². The van der Waals surface area contributed by atoms with Crippen molar-refractivity contribution in [3.05, 3.63) is 29.6 Å². The summed E-state index contributed by atoms with van der Waals surface area (Å²) in [5, 5.41) is 0. The van der Waals surface area contributed by atoms with Gasteiger partial charge in [0.1, 0.15) is 0 Å². The second-order valence-corrected chi connectivity index (χ2v) is 4.53. The molecule has 76 valence electrons. The molecule has 1 aromatic heterocycles. The van der Waals surface area contributed by atoms with Crippen molar-refractivity contribution in [2.45, 2.75) is 19.8 Å². The Hall–Kier alpha value is -0.890. The van der Waals surface area contributed by atoms with Crippen LogP contribution >= 0.6 is 0 Å². The molecule has 1 aliphatic rings. The zero-order valence-electron chi connectivity index (χ0n) is 9.20. The highest BCUT2D eigenvalue weighted by atomic mass is 15.2.